The molecule has 2 aliphatic rings. The zero-order chi connectivity index (χ0) is 13.9. The van der Waals surface area contributed by atoms with Gasteiger partial charge in [-0.1, -0.05) is 11.6 Å². The second-order valence-electron chi connectivity index (χ2n) is 4.92. The van der Waals surface area contributed by atoms with Crippen molar-refractivity contribution in [2.45, 2.75) is 6.42 Å². The van der Waals surface area contributed by atoms with Crippen LogP contribution in [0.2, 0.25) is 5.02 Å². The molecule has 0 spiro atoms. The Labute approximate surface area is 122 Å². The lowest BCUT2D eigenvalue weighted by Gasteiger charge is -2.20. The SMILES string of the molecule is O=C(NC[C@@H]1CCOC1)c1cc(Cl)c2c(c1)OCCO2. The highest BCUT2D eigenvalue weighted by Gasteiger charge is 2.21. The number of halogens is 1. The van der Waals surface area contributed by atoms with Crippen molar-refractivity contribution in [3.63, 3.8) is 0 Å². The van der Waals surface area contributed by atoms with E-state index < -0.39 is 0 Å². The second-order valence-corrected chi connectivity index (χ2v) is 5.33. The molecule has 0 bridgehead atoms. The van der Waals surface area contributed by atoms with E-state index in [1.165, 1.54) is 0 Å². The summed E-state index contributed by atoms with van der Waals surface area (Å²) in [7, 11) is 0. The number of nitrogens with one attached hydrogen (secondary N) is 1. The molecule has 1 aromatic carbocycles. The molecule has 2 aliphatic heterocycles. The predicted octanol–water partition coefficient (Wildman–Crippen LogP) is 1.88. The van der Waals surface area contributed by atoms with Crippen LogP contribution in [0.25, 0.3) is 0 Å². The average molecular weight is 298 g/mol. The molecule has 1 atom stereocenters. The van der Waals surface area contributed by atoms with Gasteiger partial charge < -0.3 is 19.5 Å². The minimum Gasteiger partial charge on any atom is -0.486 e. The Morgan fingerprint density at radius 2 is 2.15 bits per heavy atom. The maximum atomic E-state index is 12.1. The van der Waals surface area contributed by atoms with E-state index in [9.17, 15) is 4.79 Å². The van der Waals surface area contributed by atoms with Gasteiger partial charge in [0.05, 0.1) is 11.6 Å². The largest absolute Gasteiger partial charge is 0.486 e. The number of hydrogen-bond donors (Lipinski definition) is 1. The summed E-state index contributed by atoms with van der Waals surface area (Å²) in [6.07, 6.45) is 0.988. The Morgan fingerprint density at radius 3 is 2.95 bits per heavy atom. The summed E-state index contributed by atoms with van der Waals surface area (Å²) in [5.74, 6) is 1.28. The van der Waals surface area contributed by atoms with E-state index in [-0.39, 0.29) is 5.91 Å². The number of carbonyl (C=O) groups excluding carboxylic acids is 1. The zero-order valence-electron chi connectivity index (χ0n) is 11.0. The molecular formula is C14H16ClNO4. The van der Waals surface area contributed by atoms with Crippen LogP contribution < -0.4 is 14.8 Å². The summed E-state index contributed by atoms with van der Waals surface area (Å²) in [5.41, 5.74) is 0.484. The fourth-order valence-electron chi connectivity index (χ4n) is 2.33. The third kappa shape index (κ3) is 2.83. The predicted molar refractivity (Wildman–Crippen MR) is 73.7 cm³/mol. The molecule has 0 unspecified atom stereocenters. The summed E-state index contributed by atoms with van der Waals surface area (Å²) in [5, 5.41) is 3.30. The quantitative estimate of drug-likeness (QED) is 0.925. The van der Waals surface area contributed by atoms with E-state index in [0.29, 0.717) is 54.4 Å². The number of amides is 1. The summed E-state index contributed by atoms with van der Waals surface area (Å²) < 4.78 is 16.2. The molecule has 2 heterocycles. The summed E-state index contributed by atoms with van der Waals surface area (Å²) in [6.45, 7) is 3.04. The van der Waals surface area contributed by atoms with E-state index >= 15 is 0 Å². The van der Waals surface area contributed by atoms with Gasteiger partial charge in [0.2, 0.25) is 0 Å². The molecule has 0 aliphatic carbocycles. The third-order valence-corrected chi connectivity index (χ3v) is 3.72. The lowest BCUT2D eigenvalue weighted by atomic mass is 10.1. The molecule has 0 aromatic heterocycles. The van der Waals surface area contributed by atoms with E-state index in [1.807, 2.05) is 0 Å². The molecule has 0 saturated carbocycles. The molecule has 1 amide bonds. The van der Waals surface area contributed by atoms with Gasteiger partial charge in [-0.05, 0) is 18.6 Å². The molecule has 5 nitrogen and oxygen atoms in total. The van der Waals surface area contributed by atoms with Gasteiger partial charge in [-0.3, -0.25) is 4.79 Å². The van der Waals surface area contributed by atoms with E-state index in [4.69, 9.17) is 25.8 Å². The van der Waals surface area contributed by atoms with Crippen molar-refractivity contribution in [1.29, 1.82) is 0 Å². The van der Waals surface area contributed by atoms with Crippen LogP contribution >= 0.6 is 11.6 Å². The number of hydrogen-bond acceptors (Lipinski definition) is 4. The molecule has 0 radical (unpaired) electrons. The maximum Gasteiger partial charge on any atom is 0.251 e. The van der Waals surface area contributed by atoms with Crippen molar-refractivity contribution in [3.8, 4) is 11.5 Å². The van der Waals surface area contributed by atoms with Gasteiger partial charge in [0.15, 0.2) is 11.5 Å². The van der Waals surface area contributed by atoms with Crippen LogP contribution in [0.4, 0.5) is 0 Å². The minimum atomic E-state index is -0.157. The lowest BCUT2D eigenvalue weighted by Crippen LogP contribution is -2.29. The van der Waals surface area contributed by atoms with Gasteiger partial charge in [0.1, 0.15) is 13.2 Å². The average Bonchev–Trinajstić information content (AvgIpc) is 2.98. The Hall–Kier alpha value is -1.46. The molecular weight excluding hydrogens is 282 g/mol. The smallest absolute Gasteiger partial charge is 0.251 e. The van der Waals surface area contributed by atoms with Gasteiger partial charge in [-0.15, -0.1) is 0 Å². The molecule has 1 aromatic rings. The van der Waals surface area contributed by atoms with E-state index in [0.717, 1.165) is 13.0 Å². The molecule has 1 N–H and O–H groups in total. The van der Waals surface area contributed by atoms with Crippen molar-refractivity contribution in [2.75, 3.05) is 33.0 Å². The van der Waals surface area contributed by atoms with Crippen LogP contribution in [0.3, 0.4) is 0 Å². The van der Waals surface area contributed by atoms with Gasteiger partial charge in [0.25, 0.3) is 5.91 Å². The lowest BCUT2D eigenvalue weighted by molar-refractivity contribution is 0.0943. The van der Waals surface area contributed by atoms with Crippen molar-refractivity contribution in [2.24, 2.45) is 5.92 Å². The first-order valence-corrected chi connectivity index (χ1v) is 7.07. The summed E-state index contributed by atoms with van der Waals surface area (Å²) in [4.78, 5) is 12.1. The number of rotatable bonds is 3. The second kappa shape index (κ2) is 5.89. The standard InChI is InChI=1S/C14H16ClNO4/c15-11-5-10(6-12-13(11)20-4-3-19-12)14(17)16-7-9-1-2-18-8-9/h5-6,9H,1-4,7-8H2,(H,16,17)/t9-/m0/s1. The van der Waals surface area contributed by atoms with Crippen molar-refractivity contribution >= 4 is 17.5 Å². The number of carbonyl (C=O) groups is 1. The zero-order valence-corrected chi connectivity index (χ0v) is 11.7. The Balaban J connectivity index is 1.69. The van der Waals surface area contributed by atoms with Crippen LogP contribution in [-0.4, -0.2) is 38.9 Å². The van der Waals surface area contributed by atoms with Crippen LogP contribution in [0.15, 0.2) is 12.1 Å². The summed E-state index contributed by atoms with van der Waals surface area (Å²) in [6, 6.07) is 3.27. The first-order chi connectivity index (χ1) is 9.74. The van der Waals surface area contributed by atoms with Gasteiger partial charge in [-0.2, -0.15) is 0 Å². The Kier molecular flexibility index (Phi) is 3.98. The van der Waals surface area contributed by atoms with E-state index in [2.05, 4.69) is 5.32 Å². The van der Waals surface area contributed by atoms with Gasteiger partial charge >= 0.3 is 0 Å². The first kappa shape index (κ1) is 13.5. The Bertz CT molecular complexity index is 514. The van der Waals surface area contributed by atoms with Crippen LogP contribution in [0.5, 0.6) is 11.5 Å². The fraction of sp³-hybridized carbons (Fsp3) is 0.500. The molecule has 1 saturated heterocycles. The number of benzene rings is 1. The molecule has 20 heavy (non-hydrogen) atoms. The highest BCUT2D eigenvalue weighted by Crippen LogP contribution is 2.38. The highest BCUT2D eigenvalue weighted by molar-refractivity contribution is 6.32. The highest BCUT2D eigenvalue weighted by atomic mass is 35.5. The summed E-state index contributed by atoms with van der Waals surface area (Å²) >= 11 is 6.11. The third-order valence-electron chi connectivity index (χ3n) is 3.43. The Morgan fingerprint density at radius 1 is 1.30 bits per heavy atom. The molecule has 108 valence electrons. The van der Waals surface area contributed by atoms with Crippen molar-refractivity contribution < 1.29 is 19.0 Å². The van der Waals surface area contributed by atoms with Gasteiger partial charge in [0, 0.05) is 24.6 Å². The number of ether oxygens (including phenoxy) is 3. The number of fused-ring (bicyclic) bond motifs is 1. The fourth-order valence-corrected chi connectivity index (χ4v) is 2.59. The molecule has 3 rings (SSSR count). The minimum absolute atomic E-state index is 0.157. The van der Waals surface area contributed by atoms with Crippen molar-refractivity contribution in [3.05, 3.63) is 22.7 Å². The molecule has 1 fully saturated rings. The van der Waals surface area contributed by atoms with Crippen LogP contribution in [0.1, 0.15) is 16.8 Å². The first-order valence-electron chi connectivity index (χ1n) is 6.69. The van der Waals surface area contributed by atoms with Crippen LogP contribution in [0, 0.1) is 5.92 Å². The monoisotopic (exact) mass is 297 g/mol. The van der Waals surface area contributed by atoms with Crippen molar-refractivity contribution in [1.82, 2.24) is 5.32 Å². The van der Waals surface area contributed by atoms with E-state index in [1.54, 1.807) is 12.1 Å². The van der Waals surface area contributed by atoms with Crippen LogP contribution in [-0.2, 0) is 4.74 Å². The maximum absolute atomic E-state index is 12.1. The normalized spacial score (nSPS) is 20.8. The van der Waals surface area contributed by atoms with Gasteiger partial charge in [-0.25, -0.2) is 0 Å². The molecule has 6 heteroatoms. The topological polar surface area (TPSA) is 56.8 Å².